The van der Waals surface area contributed by atoms with E-state index in [1.54, 1.807) is 12.1 Å². The number of carbonyl (C=O) groups excluding carboxylic acids is 1. The van der Waals surface area contributed by atoms with Gasteiger partial charge in [0.1, 0.15) is 8.07 Å². The van der Waals surface area contributed by atoms with Crippen molar-refractivity contribution in [3.63, 3.8) is 0 Å². The molecule has 2 aromatic carbocycles. The topological polar surface area (TPSA) is 37.3 Å². The minimum absolute atomic E-state index is 0.297. The van der Waals surface area contributed by atoms with Crippen LogP contribution in [0.2, 0.25) is 13.1 Å². The minimum Gasteiger partial charge on any atom is -0.505 e. The number of halogens is 2. The van der Waals surface area contributed by atoms with Gasteiger partial charge in [0.15, 0.2) is 17.4 Å². The second-order valence-electron chi connectivity index (χ2n) is 7.44. The van der Waals surface area contributed by atoms with Crippen LogP contribution in [0.3, 0.4) is 0 Å². The third kappa shape index (κ3) is 2.38. The van der Waals surface area contributed by atoms with E-state index in [4.69, 9.17) is 0 Å². The van der Waals surface area contributed by atoms with Crippen LogP contribution in [0.4, 0.5) is 8.78 Å². The molecule has 27 heavy (non-hydrogen) atoms. The van der Waals surface area contributed by atoms with Gasteiger partial charge in [-0.3, -0.25) is 4.79 Å². The van der Waals surface area contributed by atoms with Crippen LogP contribution in [0.5, 0.6) is 5.75 Å². The first-order valence-corrected chi connectivity index (χ1v) is 11.7. The van der Waals surface area contributed by atoms with E-state index in [2.05, 4.69) is 0 Å². The number of rotatable bonds is 1. The number of hydrogen-bond acceptors (Lipinski definition) is 2. The monoisotopic (exact) mass is 380 g/mol. The van der Waals surface area contributed by atoms with Gasteiger partial charge < -0.3 is 5.11 Å². The normalized spacial score (nSPS) is 17.9. The molecule has 0 fully saturated rings. The second-order valence-corrected chi connectivity index (χ2v) is 11.7. The van der Waals surface area contributed by atoms with Crippen molar-refractivity contribution in [1.82, 2.24) is 0 Å². The zero-order chi connectivity index (χ0) is 19.5. The van der Waals surface area contributed by atoms with Gasteiger partial charge in [-0.15, -0.1) is 0 Å². The van der Waals surface area contributed by atoms with Gasteiger partial charge in [0.2, 0.25) is 5.78 Å². The van der Waals surface area contributed by atoms with Crippen LogP contribution in [0.25, 0.3) is 5.57 Å². The highest BCUT2D eigenvalue weighted by Gasteiger charge is 2.45. The van der Waals surface area contributed by atoms with Crippen molar-refractivity contribution < 1.29 is 18.7 Å². The van der Waals surface area contributed by atoms with Crippen molar-refractivity contribution in [2.75, 3.05) is 0 Å². The molecule has 1 heterocycles. The lowest BCUT2D eigenvalue weighted by Crippen LogP contribution is -2.51. The van der Waals surface area contributed by atoms with Crippen molar-refractivity contribution in [1.29, 1.82) is 0 Å². The molecule has 2 aliphatic rings. The highest BCUT2D eigenvalue weighted by molar-refractivity contribution is 6.98. The molecular weight excluding hydrogens is 362 g/mol. The number of aryl methyl sites for hydroxylation is 1. The molecule has 5 heteroatoms. The standard InChI is InChI=1S/C22H18F2O2Si/c1-12-6-4-5-7-13(12)18-14-8-10-16(25)19(23)21(14)27(2,3)22-15(18)9-11-17(26)20(22)24/h4-11,25H,1-3H3. The fraction of sp³-hybridized carbons (Fsp3) is 0.136. The molecule has 0 saturated carbocycles. The molecule has 136 valence electrons. The summed E-state index contributed by atoms with van der Waals surface area (Å²) in [5.41, 5.74) is 3.80. The summed E-state index contributed by atoms with van der Waals surface area (Å²) >= 11 is 0. The van der Waals surface area contributed by atoms with Gasteiger partial charge in [0.05, 0.1) is 0 Å². The number of fused-ring (bicyclic) bond motifs is 2. The first-order chi connectivity index (χ1) is 12.7. The number of allylic oxidation sites excluding steroid dienone is 5. The number of benzene rings is 2. The molecular formula is C22H18F2O2Si. The Bertz CT molecular complexity index is 1110. The van der Waals surface area contributed by atoms with E-state index in [0.717, 1.165) is 11.1 Å². The van der Waals surface area contributed by atoms with Crippen molar-refractivity contribution >= 4 is 24.6 Å². The Hall–Kier alpha value is -2.79. The first-order valence-electron chi connectivity index (χ1n) is 8.70. The molecule has 0 amide bonds. The third-order valence-corrected chi connectivity index (χ3v) is 8.91. The third-order valence-electron chi connectivity index (χ3n) is 5.43. The number of phenols is 1. The number of phenolic OH excluding ortho intramolecular Hbond substituents is 1. The molecule has 1 aliphatic heterocycles. The molecule has 2 aromatic rings. The molecule has 0 bridgehead atoms. The van der Waals surface area contributed by atoms with E-state index in [0.29, 0.717) is 27.1 Å². The highest BCUT2D eigenvalue weighted by atomic mass is 28.3. The van der Waals surface area contributed by atoms with Gasteiger partial charge in [0, 0.05) is 0 Å². The van der Waals surface area contributed by atoms with E-state index in [-0.39, 0.29) is 0 Å². The van der Waals surface area contributed by atoms with Gasteiger partial charge in [-0.05, 0) is 57.3 Å². The van der Waals surface area contributed by atoms with E-state index < -0.39 is 31.3 Å². The summed E-state index contributed by atoms with van der Waals surface area (Å²) in [6.07, 6.45) is 2.88. The Labute approximate surface area is 157 Å². The zero-order valence-corrected chi connectivity index (χ0v) is 16.2. The number of hydrogen-bond donors (Lipinski definition) is 1. The smallest absolute Gasteiger partial charge is 0.214 e. The van der Waals surface area contributed by atoms with Crippen LogP contribution in [0.1, 0.15) is 16.7 Å². The Morgan fingerprint density at radius 3 is 2.37 bits per heavy atom. The lowest BCUT2D eigenvalue weighted by Gasteiger charge is -2.38. The maximum Gasteiger partial charge on any atom is 0.214 e. The summed E-state index contributed by atoms with van der Waals surface area (Å²) in [5.74, 6) is -2.69. The van der Waals surface area contributed by atoms with E-state index >= 15 is 8.78 Å². The fourth-order valence-electron chi connectivity index (χ4n) is 4.17. The van der Waals surface area contributed by atoms with E-state index in [1.807, 2.05) is 44.3 Å². The van der Waals surface area contributed by atoms with Crippen molar-refractivity contribution in [2.45, 2.75) is 20.0 Å². The lowest BCUT2D eigenvalue weighted by molar-refractivity contribution is -0.112. The summed E-state index contributed by atoms with van der Waals surface area (Å²) in [6.45, 7) is 5.56. The molecule has 0 radical (unpaired) electrons. The lowest BCUT2D eigenvalue weighted by atomic mass is 9.87. The van der Waals surface area contributed by atoms with Crippen molar-refractivity contribution in [3.8, 4) is 5.75 Å². The minimum atomic E-state index is -2.91. The van der Waals surface area contributed by atoms with Crippen LogP contribution in [0, 0.1) is 12.7 Å². The van der Waals surface area contributed by atoms with Crippen LogP contribution < -0.4 is 5.19 Å². The Balaban J connectivity index is 2.22. The second kappa shape index (κ2) is 5.86. The molecule has 0 atom stereocenters. The molecule has 0 saturated heterocycles. The maximum absolute atomic E-state index is 15.1. The van der Waals surface area contributed by atoms with Gasteiger partial charge in [-0.1, -0.05) is 49.5 Å². The van der Waals surface area contributed by atoms with Crippen molar-refractivity contribution in [3.05, 3.63) is 87.7 Å². The molecule has 0 aromatic heterocycles. The molecule has 1 N–H and O–H groups in total. The van der Waals surface area contributed by atoms with Crippen LogP contribution in [-0.2, 0) is 4.79 Å². The quantitative estimate of drug-likeness (QED) is 0.741. The Kier molecular flexibility index (Phi) is 3.82. The number of aromatic hydroxyl groups is 1. The summed E-state index contributed by atoms with van der Waals surface area (Å²) in [4.78, 5) is 12.0. The average Bonchev–Trinajstić information content (AvgIpc) is 2.61. The summed E-state index contributed by atoms with van der Waals surface area (Å²) < 4.78 is 30.1. The average molecular weight is 380 g/mol. The van der Waals surface area contributed by atoms with Gasteiger partial charge >= 0.3 is 0 Å². The van der Waals surface area contributed by atoms with Crippen LogP contribution in [0.15, 0.2) is 65.1 Å². The van der Waals surface area contributed by atoms with E-state index in [1.165, 1.54) is 12.1 Å². The molecule has 1 aliphatic carbocycles. The molecule has 0 spiro atoms. The number of carbonyl (C=O) groups is 1. The van der Waals surface area contributed by atoms with Crippen molar-refractivity contribution in [2.24, 2.45) is 0 Å². The Morgan fingerprint density at radius 2 is 1.67 bits per heavy atom. The maximum atomic E-state index is 15.1. The van der Waals surface area contributed by atoms with E-state index in [9.17, 15) is 9.90 Å². The van der Waals surface area contributed by atoms with Gasteiger partial charge in [-0.2, -0.15) is 0 Å². The zero-order valence-electron chi connectivity index (χ0n) is 15.2. The highest BCUT2D eigenvalue weighted by Crippen LogP contribution is 2.44. The van der Waals surface area contributed by atoms with Crippen LogP contribution in [-0.4, -0.2) is 19.0 Å². The Morgan fingerprint density at radius 1 is 0.963 bits per heavy atom. The SMILES string of the molecule is Cc1ccccc1C1=C2C=CC(=O)C(F)=C2[Si](C)(C)c2c1ccc(O)c2F. The summed E-state index contributed by atoms with van der Waals surface area (Å²) in [7, 11) is -2.91. The molecule has 0 unspecified atom stereocenters. The predicted molar refractivity (Wildman–Crippen MR) is 105 cm³/mol. The number of ketones is 1. The molecule has 2 nitrogen and oxygen atoms in total. The van der Waals surface area contributed by atoms with Gasteiger partial charge in [-0.25, -0.2) is 8.78 Å². The summed E-state index contributed by atoms with van der Waals surface area (Å²) in [6, 6.07) is 10.7. The first kappa shape index (κ1) is 17.6. The summed E-state index contributed by atoms with van der Waals surface area (Å²) in [5, 5.41) is 10.6. The largest absolute Gasteiger partial charge is 0.505 e. The predicted octanol–water partition coefficient (Wildman–Crippen LogP) is 4.47. The van der Waals surface area contributed by atoms with Gasteiger partial charge in [0.25, 0.3) is 0 Å². The van der Waals surface area contributed by atoms with Crippen LogP contribution >= 0.6 is 0 Å². The fourth-order valence-corrected chi connectivity index (χ4v) is 7.54. The molecule has 4 rings (SSSR count).